The van der Waals surface area contributed by atoms with Crippen LogP contribution in [-0.2, 0) is 26.2 Å². The fourth-order valence-corrected chi connectivity index (χ4v) is 2.72. The van der Waals surface area contributed by atoms with Gasteiger partial charge in [0, 0.05) is 0 Å². The molecular weight excluding hydrogens is 266 g/mol. The molecule has 1 saturated heterocycles. The second-order valence-electron chi connectivity index (χ2n) is 4.24. The van der Waals surface area contributed by atoms with E-state index in [1.165, 1.54) is 6.20 Å². The van der Waals surface area contributed by atoms with Gasteiger partial charge in [-0.1, -0.05) is 0 Å². The molecule has 0 amide bonds. The molecule has 1 aromatic heterocycles. The van der Waals surface area contributed by atoms with Gasteiger partial charge >= 0.3 is 0 Å². The molecule has 6 nitrogen and oxygen atoms in total. The first kappa shape index (κ1) is 13.1. The minimum atomic E-state index is -2.08. The van der Waals surface area contributed by atoms with Crippen molar-refractivity contribution in [2.45, 2.75) is 29.4 Å². The number of rotatable bonds is 2. The van der Waals surface area contributed by atoms with Crippen LogP contribution in [0.25, 0.3) is 0 Å². The molecule has 2 rings (SSSR count). The van der Waals surface area contributed by atoms with Crippen molar-refractivity contribution in [3.63, 3.8) is 0 Å². The summed E-state index contributed by atoms with van der Waals surface area (Å²) in [5, 5.41) is 10.6. The van der Waals surface area contributed by atoms with E-state index in [-0.39, 0.29) is 17.4 Å². The lowest BCUT2D eigenvalue weighted by Gasteiger charge is -2.39. The van der Waals surface area contributed by atoms with E-state index >= 15 is 0 Å². The zero-order valence-electron chi connectivity index (χ0n) is 9.37. The summed E-state index contributed by atoms with van der Waals surface area (Å²) in [6.07, 6.45) is 1.27. The van der Waals surface area contributed by atoms with Crippen LogP contribution in [0.4, 0.5) is 0 Å². The molecule has 0 spiro atoms. The third kappa shape index (κ3) is 2.72. The molecule has 0 aliphatic carbocycles. The summed E-state index contributed by atoms with van der Waals surface area (Å²) in [4.78, 5) is 3.94. The van der Waals surface area contributed by atoms with Crippen molar-refractivity contribution in [3.05, 3.63) is 11.2 Å². The highest BCUT2D eigenvalue weighted by molar-refractivity contribution is 7.81. The molecule has 0 bridgehead atoms. The Hall–Kier alpha value is -0.380. The Morgan fingerprint density at radius 1 is 1.47 bits per heavy atom. The van der Waals surface area contributed by atoms with Gasteiger partial charge in [-0.05, 0) is 13.8 Å². The van der Waals surface area contributed by atoms with Crippen LogP contribution >= 0.6 is 11.3 Å². The summed E-state index contributed by atoms with van der Waals surface area (Å²) >= 11 is -1.11. The van der Waals surface area contributed by atoms with E-state index in [4.69, 9.17) is 14.0 Å². The second kappa shape index (κ2) is 4.38. The lowest BCUT2D eigenvalue weighted by molar-refractivity contribution is -0.304. The van der Waals surface area contributed by atoms with Gasteiger partial charge in [0.05, 0.1) is 19.4 Å². The first-order valence-electron chi connectivity index (χ1n) is 4.90. The molecule has 17 heavy (non-hydrogen) atoms. The predicted molar refractivity (Wildman–Crippen MR) is 61.0 cm³/mol. The number of hydrogen-bond donors (Lipinski definition) is 2. The monoisotopic (exact) mass is 279 g/mol. The van der Waals surface area contributed by atoms with Crippen LogP contribution in [-0.4, -0.2) is 37.9 Å². The molecule has 96 valence electrons. The highest BCUT2D eigenvalue weighted by Gasteiger charge is 2.42. The Morgan fingerprint density at radius 2 is 2.06 bits per heavy atom. The topological polar surface area (TPSA) is 88.9 Å². The maximum atomic E-state index is 10.8. The molecule has 1 atom stereocenters. The number of nitrogens with zero attached hydrogens (tertiary/aromatic N) is 1. The highest BCUT2D eigenvalue weighted by Crippen LogP contribution is 2.33. The Balaban J connectivity index is 2.18. The van der Waals surface area contributed by atoms with Gasteiger partial charge in [0.25, 0.3) is 0 Å². The molecule has 2 N–H and O–H groups in total. The van der Waals surface area contributed by atoms with Crippen molar-refractivity contribution in [2.24, 2.45) is 0 Å². The van der Waals surface area contributed by atoms with Crippen molar-refractivity contribution in [2.75, 3.05) is 13.2 Å². The predicted octanol–water partition coefficient (Wildman–Crippen LogP) is 0.694. The van der Waals surface area contributed by atoms with Crippen molar-refractivity contribution in [1.82, 2.24) is 4.98 Å². The van der Waals surface area contributed by atoms with E-state index in [0.717, 1.165) is 11.3 Å². The average Bonchev–Trinajstić information content (AvgIpc) is 2.73. The summed E-state index contributed by atoms with van der Waals surface area (Å²) in [6, 6.07) is 0. The fourth-order valence-electron chi connectivity index (χ4n) is 1.35. The largest absolute Gasteiger partial charge is 0.378 e. The van der Waals surface area contributed by atoms with E-state index in [9.17, 15) is 9.32 Å². The molecular formula is C9H13NO5S2. The molecule has 8 heteroatoms. The molecule has 1 aliphatic rings. The maximum absolute atomic E-state index is 10.8. The summed E-state index contributed by atoms with van der Waals surface area (Å²) in [6.45, 7) is 3.60. The van der Waals surface area contributed by atoms with E-state index < -0.39 is 22.5 Å². The van der Waals surface area contributed by atoms with Crippen molar-refractivity contribution >= 4 is 22.4 Å². The number of hydrogen-bond acceptors (Lipinski definition) is 6. The Labute approximate surface area is 105 Å². The van der Waals surface area contributed by atoms with Gasteiger partial charge < -0.3 is 19.1 Å². The van der Waals surface area contributed by atoms with Crippen LogP contribution in [0.2, 0.25) is 0 Å². The van der Waals surface area contributed by atoms with Gasteiger partial charge in [-0.15, -0.1) is 11.3 Å². The van der Waals surface area contributed by atoms with Crippen molar-refractivity contribution in [1.29, 1.82) is 0 Å². The number of aromatic nitrogens is 1. The van der Waals surface area contributed by atoms with Crippen LogP contribution < -0.4 is 0 Å². The molecule has 1 aliphatic heterocycles. The number of ether oxygens (including phenoxy) is 2. The summed E-state index contributed by atoms with van der Waals surface area (Å²) in [5.74, 6) is -0.730. The molecule has 2 heterocycles. The molecule has 1 unspecified atom stereocenters. The lowest BCUT2D eigenvalue weighted by Crippen LogP contribution is -2.49. The van der Waals surface area contributed by atoms with Crippen LogP contribution in [0.3, 0.4) is 0 Å². The molecule has 0 aromatic carbocycles. The van der Waals surface area contributed by atoms with Crippen LogP contribution in [0.15, 0.2) is 10.4 Å². The normalized spacial score (nSPS) is 24.5. The van der Waals surface area contributed by atoms with Gasteiger partial charge in [0.1, 0.15) is 9.22 Å². The fraction of sp³-hybridized carbons (Fsp3) is 0.667. The minimum absolute atomic E-state index is 0.0466. The zero-order valence-corrected chi connectivity index (χ0v) is 11.0. The first-order chi connectivity index (χ1) is 7.82. The van der Waals surface area contributed by atoms with Crippen molar-refractivity contribution < 1.29 is 23.3 Å². The SMILES string of the molecule is CC1(C)OCC(O)(c2ncc(S(=O)O)s2)CO1. The van der Waals surface area contributed by atoms with Crippen LogP contribution in [0.5, 0.6) is 0 Å². The quantitative estimate of drug-likeness (QED) is 0.774. The average molecular weight is 279 g/mol. The van der Waals surface area contributed by atoms with Crippen molar-refractivity contribution in [3.8, 4) is 0 Å². The standard InChI is InChI=1S/C9H13NO5S2/c1-8(2)14-4-9(11,5-15-8)7-10-3-6(16-7)17(12)13/h3,11H,4-5H2,1-2H3,(H,12,13). The van der Waals surface area contributed by atoms with Gasteiger partial charge in [0.15, 0.2) is 22.5 Å². The highest BCUT2D eigenvalue weighted by atomic mass is 32.2. The number of thiazole rings is 1. The molecule has 1 aromatic rings. The van der Waals surface area contributed by atoms with E-state index in [2.05, 4.69) is 4.98 Å². The van der Waals surface area contributed by atoms with Crippen LogP contribution in [0, 0.1) is 0 Å². The maximum Gasteiger partial charge on any atom is 0.198 e. The van der Waals surface area contributed by atoms with Crippen LogP contribution in [0.1, 0.15) is 18.9 Å². The van der Waals surface area contributed by atoms with Gasteiger partial charge in [-0.2, -0.15) is 0 Å². The third-order valence-electron chi connectivity index (χ3n) is 2.37. The smallest absolute Gasteiger partial charge is 0.198 e. The summed E-state index contributed by atoms with van der Waals surface area (Å²) in [5.41, 5.74) is -1.35. The Bertz CT molecular complexity index is 434. The zero-order chi connectivity index (χ0) is 12.7. The molecule has 0 saturated carbocycles. The summed E-state index contributed by atoms with van der Waals surface area (Å²) in [7, 11) is 0. The number of aliphatic hydroxyl groups is 1. The van der Waals surface area contributed by atoms with Gasteiger partial charge in [-0.25, -0.2) is 9.19 Å². The summed E-state index contributed by atoms with van der Waals surface area (Å²) < 4.78 is 30.7. The molecule has 1 fully saturated rings. The Morgan fingerprint density at radius 3 is 2.53 bits per heavy atom. The second-order valence-corrected chi connectivity index (χ2v) is 6.47. The van der Waals surface area contributed by atoms with E-state index in [0.29, 0.717) is 5.01 Å². The molecule has 0 radical (unpaired) electrons. The van der Waals surface area contributed by atoms with Gasteiger partial charge in [-0.3, -0.25) is 0 Å². The minimum Gasteiger partial charge on any atom is -0.378 e. The van der Waals surface area contributed by atoms with Gasteiger partial charge in [0.2, 0.25) is 0 Å². The van der Waals surface area contributed by atoms with E-state index in [1.807, 2.05) is 0 Å². The first-order valence-corrected chi connectivity index (χ1v) is 6.82. The third-order valence-corrected chi connectivity index (χ3v) is 4.48. The Kier molecular flexibility index (Phi) is 3.36. The van der Waals surface area contributed by atoms with E-state index in [1.54, 1.807) is 13.8 Å². The lowest BCUT2D eigenvalue weighted by atomic mass is 10.1.